The highest BCUT2D eigenvalue weighted by Crippen LogP contribution is 2.28. The lowest BCUT2D eigenvalue weighted by Gasteiger charge is -2.07. The molecule has 13 heavy (non-hydrogen) atoms. The zero-order valence-corrected chi connectivity index (χ0v) is 9.57. The molecule has 0 bridgehead atoms. The van der Waals surface area contributed by atoms with Crippen molar-refractivity contribution in [1.29, 1.82) is 0 Å². The van der Waals surface area contributed by atoms with E-state index in [4.69, 9.17) is 5.73 Å². The van der Waals surface area contributed by atoms with Crippen LogP contribution in [0.3, 0.4) is 0 Å². The molecule has 0 atom stereocenters. The maximum atomic E-state index is 12.4. The zero-order valence-electron chi connectivity index (χ0n) is 6.40. The second kappa shape index (κ2) is 4.32. The van der Waals surface area contributed by atoms with Gasteiger partial charge in [-0.05, 0) is 27.6 Å². The van der Waals surface area contributed by atoms with E-state index in [1.807, 2.05) is 0 Å². The number of aromatic nitrogens is 1. The Morgan fingerprint density at radius 3 is 2.62 bits per heavy atom. The maximum Gasteiger partial charge on any atom is 0.280 e. The van der Waals surface area contributed by atoms with Crippen molar-refractivity contribution in [2.24, 2.45) is 0 Å². The molecule has 2 nitrogen and oxygen atoms in total. The zero-order chi connectivity index (χ0) is 10.0. The molecule has 0 aliphatic carbocycles. The number of hydrogen-bond acceptors (Lipinski definition) is 2. The predicted molar refractivity (Wildman–Crippen MR) is 53.9 cm³/mol. The Labute approximate surface area is 90.8 Å². The number of anilines is 1. The van der Waals surface area contributed by atoms with E-state index in [1.54, 1.807) is 6.07 Å². The van der Waals surface area contributed by atoms with Gasteiger partial charge in [0.1, 0.15) is 11.5 Å². The molecule has 2 N–H and O–H groups in total. The molecule has 6 heteroatoms. The minimum atomic E-state index is -2.59. The Morgan fingerprint density at radius 2 is 2.15 bits per heavy atom. The van der Waals surface area contributed by atoms with Crippen molar-refractivity contribution in [3.05, 3.63) is 21.8 Å². The summed E-state index contributed by atoms with van der Waals surface area (Å²) in [6, 6.07) is 1.54. The quantitative estimate of drug-likeness (QED) is 0.851. The van der Waals surface area contributed by atoms with E-state index in [9.17, 15) is 8.78 Å². The van der Waals surface area contributed by atoms with E-state index in [0.29, 0.717) is 15.4 Å². The number of nitrogen functional groups attached to an aromatic ring is 1. The fourth-order valence-corrected chi connectivity index (χ4v) is 1.67. The number of pyridine rings is 1. The van der Waals surface area contributed by atoms with Gasteiger partial charge in [-0.2, -0.15) is 0 Å². The molecule has 0 saturated heterocycles. The molecule has 1 heterocycles. The second-order valence-electron chi connectivity index (χ2n) is 2.33. The van der Waals surface area contributed by atoms with Crippen molar-refractivity contribution in [3.63, 3.8) is 0 Å². The summed E-state index contributed by atoms with van der Waals surface area (Å²) < 4.78 is 25.3. The predicted octanol–water partition coefficient (Wildman–Crippen LogP) is 3.26. The van der Waals surface area contributed by atoms with Gasteiger partial charge in [0.2, 0.25) is 0 Å². The number of nitrogens with zero attached hydrogens (tertiary/aromatic N) is 1. The van der Waals surface area contributed by atoms with E-state index >= 15 is 0 Å². The van der Waals surface area contributed by atoms with Crippen molar-refractivity contribution >= 4 is 37.7 Å². The van der Waals surface area contributed by atoms with E-state index < -0.39 is 6.43 Å². The fourth-order valence-electron chi connectivity index (χ4n) is 0.852. The molecule has 1 rings (SSSR count). The van der Waals surface area contributed by atoms with Gasteiger partial charge < -0.3 is 5.73 Å². The second-order valence-corrected chi connectivity index (χ2v) is 3.75. The molecule has 72 valence electrons. The Kier molecular flexibility index (Phi) is 3.61. The minimum Gasteiger partial charge on any atom is -0.383 e. The van der Waals surface area contributed by atoms with E-state index in [-0.39, 0.29) is 11.5 Å². The van der Waals surface area contributed by atoms with Crippen molar-refractivity contribution in [3.8, 4) is 0 Å². The van der Waals surface area contributed by atoms with Crippen LogP contribution in [0.15, 0.2) is 10.5 Å². The topological polar surface area (TPSA) is 38.9 Å². The summed E-state index contributed by atoms with van der Waals surface area (Å²) in [5.41, 5.74) is 5.55. The van der Waals surface area contributed by atoms with Gasteiger partial charge >= 0.3 is 0 Å². The Hall–Kier alpha value is -0.230. The van der Waals surface area contributed by atoms with Gasteiger partial charge in [0.15, 0.2) is 0 Å². The van der Waals surface area contributed by atoms with Crippen LogP contribution in [0.1, 0.15) is 17.7 Å². The van der Waals surface area contributed by atoms with Crippen LogP contribution in [0, 0.1) is 0 Å². The third-order valence-electron chi connectivity index (χ3n) is 1.47. The Bertz CT molecular complexity index is 318. The van der Waals surface area contributed by atoms with Gasteiger partial charge in [-0.15, -0.1) is 0 Å². The van der Waals surface area contributed by atoms with Crippen LogP contribution in [0.2, 0.25) is 0 Å². The lowest BCUT2D eigenvalue weighted by molar-refractivity contribution is 0.145. The third-order valence-corrected chi connectivity index (χ3v) is 2.71. The molecular weight excluding hydrogens is 310 g/mol. The van der Waals surface area contributed by atoms with Gasteiger partial charge in [0.05, 0.1) is 4.47 Å². The van der Waals surface area contributed by atoms with Crippen molar-refractivity contribution in [2.45, 2.75) is 11.8 Å². The number of halogens is 4. The molecule has 0 radical (unpaired) electrons. The molecule has 1 aromatic rings. The molecule has 0 aliphatic heterocycles. The minimum absolute atomic E-state index is 0.0833. The number of nitrogens with two attached hydrogens (primary N) is 1. The highest BCUT2D eigenvalue weighted by molar-refractivity contribution is 9.10. The number of hydrogen-bond donors (Lipinski definition) is 1. The van der Waals surface area contributed by atoms with Gasteiger partial charge in [0.25, 0.3) is 6.43 Å². The fraction of sp³-hybridized carbons (Fsp3) is 0.286. The van der Waals surface area contributed by atoms with Gasteiger partial charge in [-0.1, -0.05) is 15.9 Å². The standard InChI is InChI=1S/C7H6Br2F2N2/c8-2-3-1-4(9)7(12)13-5(3)6(10)11/h1,6H,2H2,(H2,12,13). The first-order valence-corrected chi connectivity index (χ1v) is 5.26. The highest BCUT2D eigenvalue weighted by atomic mass is 79.9. The Balaban J connectivity index is 3.25. The van der Waals surface area contributed by atoms with E-state index in [2.05, 4.69) is 36.8 Å². The third kappa shape index (κ3) is 2.37. The average Bonchev–Trinajstić information content (AvgIpc) is 2.08. The average molecular weight is 316 g/mol. The summed E-state index contributed by atoms with van der Waals surface area (Å²) in [6.45, 7) is 0. The molecule has 0 fully saturated rings. The monoisotopic (exact) mass is 314 g/mol. The maximum absolute atomic E-state index is 12.4. The summed E-state index contributed by atoms with van der Waals surface area (Å²) in [7, 11) is 0. The highest BCUT2D eigenvalue weighted by Gasteiger charge is 2.16. The normalized spacial score (nSPS) is 10.8. The first-order valence-electron chi connectivity index (χ1n) is 3.35. The van der Waals surface area contributed by atoms with E-state index in [0.717, 1.165) is 0 Å². The smallest absolute Gasteiger partial charge is 0.280 e. The van der Waals surface area contributed by atoms with E-state index in [1.165, 1.54) is 0 Å². The molecule has 0 spiro atoms. The lowest BCUT2D eigenvalue weighted by atomic mass is 10.2. The van der Waals surface area contributed by atoms with Crippen LogP contribution in [-0.2, 0) is 5.33 Å². The van der Waals surface area contributed by atoms with Crippen LogP contribution >= 0.6 is 31.9 Å². The molecule has 0 saturated carbocycles. The molecule has 0 aliphatic rings. The summed E-state index contributed by atoms with van der Waals surface area (Å²) in [5.74, 6) is 0.0833. The van der Waals surface area contributed by atoms with Crippen molar-refractivity contribution in [2.75, 3.05) is 5.73 Å². The van der Waals surface area contributed by atoms with Crippen LogP contribution in [0.5, 0.6) is 0 Å². The van der Waals surface area contributed by atoms with Crippen LogP contribution in [0.25, 0.3) is 0 Å². The van der Waals surface area contributed by atoms with Crippen molar-refractivity contribution in [1.82, 2.24) is 4.98 Å². The first kappa shape index (κ1) is 10.8. The van der Waals surface area contributed by atoms with Gasteiger partial charge in [-0.3, -0.25) is 0 Å². The van der Waals surface area contributed by atoms with Crippen LogP contribution in [0.4, 0.5) is 14.6 Å². The number of alkyl halides is 3. The molecule has 1 aromatic heterocycles. The number of rotatable bonds is 2. The van der Waals surface area contributed by atoms with Crippen LogP contribution in [-0.4, -0.2) is 4.98 Å². The Morgan fingerprint density at radius 1 is 1.54 bits per heavy atom. The largest absolute Gasteiger partial charge is 0.383 e. The SMILES string of the molecule is Nc1nc(C(F)F)c(CBr)cc1Br. The first-order chi connectivity index (χ1) is 6.06. The summed E-state index contributed by atoms with van der Waals surface area (Å²) in [4.78, 5) is 3.59. The molecule has 0 aromatic carbocycles. The summed E-state index contributed by atoms with van der Waals surface area (Å²) >= 11 is 6.22. The van der Waals surface area contributed by atoms with Gasteiger partial charge in [-0.25, -0.2) is 13.8 Å². The molecule has 0 unspecified atom stereocenters. The van der Waals surface area contributed by atoms with Crippen LogP contribution < -0.4 is 5.73 Å². The lowest BCUT2D eigenvalue weighted by Crippen LogP contribution is -2.01. The molecular formula is C7H6Br2F2N2. The summed E-state index contributed by atoms with van der Waals surface area (Å²) in [6.07, 6.45) is -2.59. The molecule has 0 amide bonds. The van der Waals surface area contributed by atoms with Crippen molar-refractivity contribution < 1.29 is 8.78 Å². The van der Waals surface area contributed by atoms with Gasteiger partial charge in [0, 0.05) is 5.33 Å². The summed E-state index contributed by atoms with van der Waals surface area (Å²) in [5, 5.41) is 0.332.